The fourth-order valence-corrected chi connectivity index (χ4v) is 4.94. The van der Waals surface area contributed by atoms with Crippen molar-refractivity contribution in [2.45, 2.75) is 19.5 Å². The molecule has 0 unspecified atom stereocenters. The first-order valence-electron chi connectivity index (χ1n) is 7.58. The Morgan fingerprint density at radius 3 is 3.00 bits per heavy atom. The first kappa shape index (κ1) is 14.9. The topological polar surface area (TPSA) is 56.9 Å². The first-order valence-corrected chi connectivity index (χ1v) is 9.19. The summed E-state index contributed by atoms with van der Waals surface area (Å²) in [6.07, 6.45) is 0.796. The fourth-order valence-electron chi connectivity index (χ4n) is 2.91. The number of carbonyl (C=O) groups excluding carboxylic acids is 1. The van der Waals surface area contributed by atoms with Crippen molar-refractivity contribution in [2.24, 2.45) is 0 Å². The number of fused-ring (bicyclic) bond motifs is 2. The van der Waals surface area contributed by atoms with Crippen molar-refractivity contribution >= 4 is 44.1 Å². The van der Waals surface area contributed by atoms with E-state index < -0.39 is 0 Å². The van der Waals surface area contributed by atoms with Crippen LogP contribution in [-0.4, -0.2) is 17.4 Å². The van der Waals surface area contributed by atoms with E-state index in [0.717, 1.165) is 40.1 Å². The number of amides is 1. The van der Waals surface area contributed by atoms with Gasteiger partial charge in [0.05, 0.1) is 0 Å². The second-order valence-electron chi connectivity index (χ2n) is 5.64. The minimum atomic E-state index is 0.00684. The number of para-hydroxylation sites is 1. The van der Waals surface area contributed by atoms with E-state index in [-0.39, 0.29) is 5.91 Å². The third kappa shape index (κ3) is 2.82. The Kier molecular flexibility index (Phi) is 3.97. The number of rotatable bonds is 4. The van der Waals surface area contributed by atoms with E-state index in [1.54, 1.807) is 11.3 Å². The maximum absolute atomic E-state index is 12.4. The number of nitrogens with one attached hydrogen (secondary N) is 3. The van der Waals surface area contributed by atoms with Gasteiger partial charge in [0.15, 0.2) is 0 Å². The summed E-state index contributed by atoms with van der Waals surface area (Å²) in [7, 11) is 0. The summed E-state index contributed by atoms with van der Waals surface area (Å²) in [5.74, 6) is 0.00684. The number of halogens is 1. The van der Waals surface area contributed by atoms with Crippen molar-refractivity contribution in [1.82, 2.24) is 15.6 Å². The molecule has 3 heterocycles. The Bertz CT molecular complexity index is 850. The van der Waals surface area contributed by atoms with Crippen molar-refractivity contribution in [1.29, 1.82) is 0 Å². The number of aromatic amines is 1. The Hall–Kier alpha value is -1.63. The zero-order valence-electron chi connectivity index (χ0n) is 12.4. The zero-order chi connectivity index (χ0) is 15.8. The van der Waals surface area contributed by atoms with Gasteiger partial charge < -0.3 is 15.6 Å². The second kappa shape index (κ2) is 6.11. The lowest BCUT2D eigenvalue weighted by Gasteiger charge is -2.04. The predicted molar refractivity (Wildman–Crippen MR) is 96.9 cm³/mol. The van der Waals surface area contributed by atoms with Gasteiger partial charge >= 0.3 is 0 Å². The average molecular weight is 390 g/mol. The molecule has 0 atom stereocenters. The minimum absolute atomic E-state index is 0.00684. The van der Waals surface area contributed by atoms with Crippen LogP contribution in [0.2, 0.25) is 0 Å². The van der Waals surface area contributed by atoms with Crippen LogP contribution < -0.4 is 10.6 Å². The molecule has 0 saturated heterocycles. The summed E-state index contributed by atoms with van der Waals surface area (Å²) >= 11 is 5.14. The van der Waals surface area contributed by atoms with Crippen LogP contribution in [0.25, 0.3) is 10.9 Å². The highest BCUT2D eigenvalue weighted by Gasteiger charge is 2.23. The molecule has 0 fully saturated rings. The van der Waals surface area contributed by atoms with Gasteiger partial charge in [-0.2, -0.15) is 0 Å². The van der Waals surface area contributed by atoms with Crippen LogP contribution in [0.1, 0.15) is 25.8 Å². The van der Waals surface area contributed by atoms with E-state index in [1.165, 1.54) is 15.8 Å². The van der Waals surface area contributed by atoms with Gasteiger partial charge in [0, 0.05) is 46.6 Å². The molecule has 4 nitrogen and oxygen atoms in total. The summed E-state index contributed by atoms with van der Waals surface area (Å²) in [6, 6.07) is 10.3. The summed E-state index contributed by atoms with van der Waals surface area (Å²) in [6.45, 7) is 2.33. The number of aromatic nitrogens is 1. The molecule has 118 valence electrons. The third-order valence-corrected chi connectivity index (χ3v) is 6.45. The van der Waals surface area contributed by atoms with E-state index in [1.807, 2.05) is 12.1 Å². The van der Waals surface area contributed by atoms with Gasteiger partial charge in [-0.25, -0.2) is 0 Å². The number of thiophene rings is 1. The molecule has 0 spiro atoms. The third-order valence-electron chi connectivity index (χ3n) is 4.09. The lowest BCUT2D eigenvalue weighted by Crippen LogP contribution is -2.25. The Morgan fingerprint density at radius 2 is 2.17 bits per heavy atom. The fraction of sp³-hybridized carbons (Fsp3) is 0.235. The van der Waals surface area contributed by atoms with Crippen LogP contribution >= 0.6 is 27.3 Å². The van der Waals surface area contributed by atoms with Gasteiger partial charge in [-0.05, 0) is 39.0 Å². The van der Waals surface area contributed by atoms with Crippen molar-refractivity contribution in [2.75, 3.05) is 6.54 Å². The second-order valence-corrected chi connectivity index (χ2v) is 7.54. The zero-order valence-corrected chi connectivity index (χ0v) is 14.8. The highest BCUT2D eigenvalue weighted by atomic mass is 79.9. The quantitative estimate of drug-likeness (QED) is 0.638. The average Bonchev–Trinajstić information content (AvgIpc) is 3.23. The summed E-state index contributed by atoms with van der Waals surface area (Å²) in [5.41, 5.74) is 3.51. The van der Waals surface area contributed by atoms with Crippen LogP contribution in [0.5, 0.6) is 0 Å². The van der Waals surface area contributed by atoms with Gasteiger partial charge in [-0.3, -0.25) is 4.79 Å². The number of hydrogen-bond donors (Lipinski definition) is 3. The monoisotopic (exact) mass is 389 g/mol. The Labute approximate surface area is 146 Å². The lowest BCUT2D eigenvalue weighted by atomic mass is 10.2. The summed E-state index contributed by atoms with van der Waals surface area (Å²) < 4.78 is 0.950. The molecule has 1 aromatic carbocycles. The van der Waals surface area contributed by atoms with E-state index in [4.69, 9.17) is 0 Å². The molecule has 3 N–H and O–H groups in total. The van der Waals surface area contributed by atoms with E-state index in [9.17, 15) is 4.79 Å². The molecule has 6 heteroatoms. The van der Waals surface area contributed by atoms with Crippen molar-refractivity contribution in [3.05, 3.63) is 55.8 Å². The first-order chi connectivity index (χ1) is 11.2. The van der Waals surface area contributed by atoms with Crippen LogP contribution in [0, 0.1) is 0 Å². The lowest BCUT2D eigenvalue weighted by molar-refractivity contribution is 0.0957. The molecule has 1 amide bonds. The number of benzene rings is 1. The normalized spacial score (nSPS) is 13.4. The molecule has 3 aromatic rings. The highest BCUT2D eigenvalue weighted by molar-refractivity contribution is 9.10. The molecule has 0 aliphatic carbocycles. The van der Waals surface area contributed by atoms with Gasteiger partial charge in [-0.15, -0.1) is 11.3 Å². The van der Waals surface area contributed by atoms with Crippen LogP contribution in [0.15, 0.2) is 34.8 Å². The number of carbonyl (C=O) groups is 1. The number of hydrogen-bond acceptors (Lipinski definition) is 3. The van der Waals surface area contributed by atoms with Gasteiger partial charge in [0.25, 0.3) is 5.91 Å². The van der Waals surface area contributed by atoms with E-state index in [0.29, 0.717) is 6.54 Å². The SMILES string of the molecule is O=C(NCCc1cc2ccccc2[nH]1)c1sc2c(c1Br)CNC2. The van der Waals surface area contributed by atoms with Gasteiger partial charge in [0.1, 0.15) is 4.88 Å². The van der Waals surface area contributed by atoms with E-state index >= 15 is 0 Å². The van der Waals surface area contributed by atoms with Crippen molar-refractivity contribution in [3.8, 4) is 0 Å². The van der Waals surface area contributed by atoms with Crippen LogP contribution in [-0.2, 0) is 19.5 Å². The molecule has 1 aliphatic rings. The van der Waals surface area contributed by atoms with Gasteiger partial charge in [-0.1, -0.05) is 18.2 Å². The molecule has 23 heavy (non-hydrogen) atoms. The summed E-state index contributed by atoms with van der Waals surface area (Å²) in [5, 5.41) is 7.53. The maximum atomic E-state index is 12.4. The Balaban J connectivity index is 1.40. The molecule has 0 radical (unpaired) electrons. The standard InChI is InChI=1S/C17H16BrN3OS/c18-15-12-8-19-9-14(12)23-16(15)17(22)20-6-5-11-7-10-3-1-2-4-13(10)21-11/h1-4,7,19,21H,5-6,8-9H2,(H,20,22). The van der Waals surface area contributed by atoms with Crippen molar-refractivity contribution < 1.29 is 4.79 Å². The highest BCUT2D eigenvalue weighted by Crippen LogP contribution is 2.35. The summed E-state index contributed by atoms with van der Waals surface area (Å²) in [4.78, 5) is 17.8. The van der Waals surface area contributed by atoms with Gasteiger partial charge in [0.2, 0.25) is 0 Å². The molecule has 1 aliphatic heterocycles. The maximum Gasteiger partial charge on any atom is 0.262 e. The molecular weight excluding hydrogens is 374 g/mol. The van der Waals surface area contributed by atoms with Crippen LogP contribution in [0.3, 0.4) is 0 Å². The van der Waals surface area contributed by atoms with E-state index in [2.05, 4.69) is 49.7 Å². The number of H-pyrrole nitrogens is 1. The molecule has 4 rings (SSSR count). The molecule has 2 aromatic heterocycles. The van der Waals surface area contributed by atoms with Crippen molar-refractivity contribution in [3.63, 3.8) is 0 Å². The minimum Gasteiger partial charge on any atom is -0.358 e. The molecular formula is C17H16BrN3OS. The predicted octanol–water partition coefficient (Wildman–Crippen LogP) is 3.57. The molecule has 0 bridgehead atoms. The smallest absolute Gasteiger partial charge is 0.262 e. The largest absolute Gasteiger partial charge is 0.358 e. The van der Waals surface area contributed by atoms with Crippen LogP contribution in [0.4, 0.5) is 0 Å². The molecule has 0 saturated carbocycles. The Morgan fingerprint density at radius 1 is 1.30 bits per heavy atom.